The van der Waals surface area contributed by atoms with E-state index in [2.05, 4.69) is 37.0 Å². The summed E-state index contributed by atoms with van der Waals surface area (Å²) in [5.41, 5.74) is 14.7. The van der Waals surface area contributed by atoms with Crippen molar-refractivity contribution >= 4 is 28.3 Å². The van der Waals surface area contributed by atoms with Crippen molar-refractivity contribution in [1.82, 2.24) is 40.8 Å². The lowest BCUT2D eigenvalue weighted by molar-refractivity contribution is -0.117. The topological polar surface area (TPSA) is 130 Å². The lowest BCUT2D eigenvalue weighted by atomic mass is 10.1. The van der Waals surface area contributed by atoms with E-state index in [1.165, 1.54) is 12.1 Å². The maximum atomic E-state index is 13.9. The summed E-state index contributed by atoms with van der Waals surface area (Å²) in [6, 6.07) is 13.8. The maximum Gasteiger partial charge on any atom is 0.294 e. The Morgan fingerprint density at radius 3 is 2.60 bits per heavy atom. The smallest absolute Gasteiger partial charge is 0.294 e. The summed E-state index contributed by atoms with van der Waals surface area (Å²) in [5, 5.41) is 6.33. The van der Waals surface area contributed by atoms with Crippen molar-refractivity contribution in [1.29, 1.82) is 0 Å². The molecule has 1 aliphatic heterocycles. The molecule has 1 atom stereocenters. The summed E-state index contributed by atoms with van der Waals surface area (Å²) in [7, 11) is 1.66. The van der Waals surface area contributed by atoms with Crippen LogP contribution in [0.5, 0.6) is 0 Å². The molecule has 0 aliphatic carbocycles. The molecule has 5 N–H and O–H groups in total. The molecule has 2 aromatic carbocycles. The van der Waals surface area contributed by atoms with Gasteiger partial charge in [0.25, 0.3) is 5.56 Å². The number of benzene rings is 2. The van der Waals surface area contributed by atoms with E-state index in [0.717, 1.165) is 44.5 Å². The maximum absolute atomic E-state index is 13.9. The summed E-state index contributed by atoms with van der Waals surface area (Å²) in [6.07, 6.45) is 8.75. The summed E-state index contributed by atoms with van der Waals surface area (Å²) >= 11 is 0. The summed E-state index contributed by atoms with van der Waals surface area (Å²) in [6.45, 7) is 3.79. The summed E-state index contributed by atoms with van der Waals surface area (Å²) < 4.78 is 17.5. The average molecular weight is 580 g/mol. The molecule has 0 saturated carbocycles. The van der Waals surface area contributed by atoms with Crippen LogP contribution in [0.1, 0.15) is 23.6 Å². The van der Waals surface area contributed by atoms with Crippen LogP contribution >= 0.6 is 0 Å². The largest absolute Gasteiger partial charge is 0.315 e. The Kier molecular flexibility index (Phi) is 7.45. The van der Waals surface area contributed by atoms with E-state index in [1.54, 1.807) is 43.2 Å². The predicted molar refractivity (Wildman–Crippen MR) is 163 cm³/mol. The zero-order chi connectivity index (χ0) is 30.1. The van der Waals surface area contributed by atoms with Gasteiger partial charge in [0.1, 0.15) is 5.82 Å². The van der Waals surface area contributed by atoms with Crippen LogP contribution < -0.4 is 32.6 Å². The van der Waals surface area contributed by atoms with E-state index < -0.39 is 11.6 Å². The molecule has 11 nitrogen and oxygen atoms in total. The van der Waals surface area contributed by atoms with Crippen LogP contribution in [-0.4, -0.2) is 38.1 Å². The van der Waals surface area contributed by atoms with Gasteiger partial charge in [-0.1, -0.05) is 24.3 Å². The second-order valence-electron chi connectivity index (χ2n) is 10.3. The molecule has 1 amide bonds. The van der Waals surface area contributed by atoms with E-state index in [9.17, 15) is 14.0 Å². The van der Waals surface area contributed by atoms with Crippen LogP contribution in [0.4, 0.5) is 10.2 Å². The number of aryl methyl sites for hydroxylation is 1. The zero-order valence-corrected chi connectivity index (χ0v) is 23.8. The molecule has 5 aromatic rings. The van der Waals surface area contributed by atoms with Crippen molar-refractivity contribution in [2.24, 2.45) is 0 Å². The lowest BCUT2D eigenvalue weighted by Gasteiger charge is -2.17. The van der Waals surface area contributed by atoms with Gasteiger partial charge in [0, 0.05) is 29.5 Å². The fourth-order valence-electron chi connectivity index (χ4n) is 5.00. The summed E-state index contributed by atoms with van der Waals surface area (Å²) in [4.78, 5) is 35.2. The van der Waals surface area contributed by atoms with Gasteiger partial charge in [0.15, 0.2) is 5.82 Å². The number of nitrogens with one attached hydrogen (secondary N) is 5. The fraction of sp³-hybridized carbons (Fsp3) is 0.161. The standard InChI is InChI=1S/C31H30FN9O2/c1-18-16-40(27-9-8-23(32)11-25(18)27)24-10-20(12-34-13-24)17-41-28(15-35-29(31(41)43)37-30(42)19(2)33-3)22-6-4-21(5-7-22)26-14-36-39-38-26/h4-16,19,33,36,38-39H,17H2,1-3H3,(H,35,37,42)/t19-/m0/s1. The van der Waals surface area contributed by atoms with Crippen molar-refractivity contribution in [2.75, 3.05) is 12.4 Å². The molecule has 12 heteroatoms. The molecule has 0 unspecified atom stereocenters. The van der Waals surface area contributed by atoms with E-state index in [0.29, 0.717) is 5.69 Å². The summed E-state index contributed by atoms with van der Waals surface area (Å²) in [5.74, 6) is -0.734. The van der Waals surface area contributed by atoms with Gasteiger partial charge < -0.3 is 26.1 Å². The van der Waals surface area contributed by atoms with E-state index in [4.69, 9.17) is 0 Å². The highest BCUT2D eigenvalue weighted by Gasteiger charge is 2.18. The van der Waals surface area contributed by atoms with Gasteiger partial charge >= 0.3 is 0 Å². The van der Waals surface area contributed by atoms with E-state index >= 15 is 0 Å². The Bertz CT molecular complexity index is 1930. The normalized spacial score (nSPS) is 13.3. The van der Waals surface area contributed by atoms with Gasteiger partial charge in [-0.25, -0.2) is 9.37 Å². The number of carbonyl (C=O) groups excluding carboxylic acids is 1. The first kappa shape index (κ1) is 27.8. The average Bonchev–Trinajstić information content (AvgIpc) is 3.67. The van der Waals surface area contributed by atoms with Gasteiger partial charge in [-0.2, -0.15) is 5.53 Å². The third-order valence-corrected chi connectivity index (χ3v) is 7.46. The number of rotatable bonds is 8. The molecule has 43 heavy (non-hydrogen) atoms. The number of hydrogen-bond acceptors (Lipinski definition) is 8. The molecule has 4 heterocycles. The molecular weight excluding hydrogens is 549 g/mol. The third kappa shape index (κ3) is 5.48. The number of hydrogen-bond donors (Lipinski definition) is 5. The number of aromatic nitrogens is 4. The Labute approximate surface area is 246 Å². The third-order valence-electron chi connectivity index (χ3n) is 7.46. The van der Waals surface area contributed by atoms with Crippen molar-refractivity contribution < 1.29 is 9.18 Å². The minimum Gasteiger partial charge on any atom is -0.315 e. The van der Waals surface area contributed by atoms with Crippen molar-refractivity contribution in [3.8, 4) is 16.9 Å². The lowest BCUT2D eigenvalue weighted by Crippen LogP contribution is -2.38. The van der Waals surface area contributed by atoms with Crippen LogP contribution in [0.15, 0.2) is 84.3 Å². The van der Waals surface area contributed by atoms with Crippen LogP contribution in [0.3, 0.4) is 0 Å². The number of amides is 1. The first-order valence-corrected chi connectivity index (χ1v) is 13.7. The monoisotopic (exact) mass is 579 g/mol. The highest BCUT2D eigenvalue weighted by molar-refractivity contribution is 5.93. The van der Waals surface area contributed by atoms with Crippen molar-refractivity contribution in [2.45, 2.75) is 26.4 Å². The number of nitrogens with zero attached hydrogens (tertiary/aromatic N) is 4. The Morgan fingerprint density at radius 1 is 1.07 bits per heavy atom. The van der Waals surface area contributed by atoms with Crippen LogP contribution in [-0.2, 0) is 11.3 Å². The minimum absolute atomic E-state index is 0.0666. The molecule has 0 fully saturated rings. The van der Waals surface area contributed by atoms with E-state index in [-0.39, 0.29) is 24.1 Å². The number of likely N-dealkylation sites (N-methyl/N-ethyl adjacent to an activating group) is 1. The number of anilines is 1. The second kappa shape index (κ2) is 11.5. The number of fused-ring (bicyclic) bond motifs is 1. The highest BCUT2D eigenvalue weighted by atomic mass is 19.1. The number of carbonyl (C=O) groups is 1. The van der Waals surface area contributed by atoms with Gasteiger partial charge in [-0.3, -0.25) is 19.1 Å². The molecule has 0 spiro atoms. The first-order chi connectivity index (χ1) is 20.8. The van der Waals surface area contributed by atoms with Crippen LogP contribution in [0, 0.1) is 12.7 Å². The number of hydrazine groups is 2. The van der Waals surface area contributed by atoms with Gasteiger partial charge in [0.2, 0.25) is 5.91 Å². The Balaban J connectivity index is 1.40. The Hall–Kier alpha value is -5.33. The first-order valence-electron chi connectivity index (χ1n) is 13.7. The zero-order valence-electron chi connectivity index (χ0n) is 23.8. The molecule has 3 aromatic heterocycles. The molecule has 218 valence electrons. The van der Waals surface area contributed by atoms with Crippen LogP contribution in [0.2, 0.25) is 0 Å². The van der Waals surface area contributed by atoms with Crippen LogP contribution in [0.25, 0.3) is 33.5 Å². The van der Waals surface area contributed by atoms with Gasteiger partial charge in [0.05, 0.1) is 47.6 Å². The second-order valence-corrected chi connectivity index (χ2v) is 10.3. The quantitative estimate of drug-likeness (QED) is 0.190. The van der Waals surface area contributed by atoms with Gasteiger partial charge in [-0.15, -0.1) is 0 Å². The minimum atomic E-state index is -0.515. The van der Waals surface area contributed by atoms with Crippen molar-refractivity contribution in [3.05, 3.63) is 112 Å². The molecule has 1 aliphatic rings. The number of pyridine rings is 1. The molecular formula is C31H30FN9O2. The fourth-order valence-corrected chi connectivity index (χ4v) is 5.00. The predicted octanol–water partition coefficient (Wildman–Crippen LogP) is 3.20. The van der Waals surface area contributed by atoms with E-state index in [1.807, 2.05) is 54.2 Å². The van der Waals surface area contributed by atoms with Gasteiger partial charge in [-0.05, 0) is 61.9 Å². The Morgan fingerprint density at radius 2 is 1.86 bits per heavy atom. The number of halogens is 1. The van der Waals surface area contributed by atoms with Crippen molar-refractivity contribution in [3.63, 3.8) is 0 Å². The molecule has 0 saturated heterocycles. The molecule has 6 rings (SSSR count). The molecule has 0 radical (unpaired) electrons. The molecule has 0 bridgehead atoms. The SMILES string of the molecule is CN[C@@H](C)C(=O)Nc1ncc(-c2ccc(C3=CNNN3)cc2)n(Cc2cncc(-n3cc(C)c4cc(F)ccc43)c2)c1=O. The highest BCUT2D eigenvalue weighted by Crippen LogP contribution is 2.26.